The molecule has 1 atom stereocenters. The van der Waals surface area contributed by atoms with Crippen LogP contribution in [0.15, 0.2) is 18.7 Å². The molecule has 6 heteroatoms. The highest BCUT2D eigenvalue weighted by Gasteiger charge is 2.20. The van der Waals surface area contributed by atoms with E-state index in [0.717, 1.165) is 4.57 Å². The summed E-state index contributed by atoms with van der Waals surface area (Å²) in [4.78, 5) is 20.9. The van der Waals surface area contributed by atoms with Gasteiger partial charge in [-0.25, -0.2) is 9.36 Å². The van der Waals surface area contributed by atoms with Crippen molar-refractivity contribution in [3.8, 4) is 0 Å². The minimum absolute atomic E-state index is 0.763. The third-order valence-electron chi connectivity index (χ3n) is 1.68. The molecule has 13 heavy (non-hydrogen) atoms. The van der Waals surface area contributed by atoms with Gasteiger partial charge in [0.1, 0.15) is 12.4 Å². The van der Waals surface area contributed by atoms with Crippen LogP contribution >= 0.6 is 0 Å². The summed E-state index contributed by atoms with van der Waals surface area (Å²) in [6.45, 7) is 1.47. The van der Waals surface area contributed by atoms with Gasteiger partial charge in [0, 0.05) is 0 Å². The second-order valence-electron chi connectivity index (χ2n) is 2.56. The lowest BCUT2D eigenvalue weighted by molar-refractivity contribution is -0.706. The summed E-state index contributed by atoms with van der Waals surface area (Å²) in [5, 5.41) is 17.1. The fourth-order valence-corrected chi connectivity index (χ4v) is 0.839. The van der Waals surface area contributed by atoms with Gasteiger partial charge in [-0.05, 0) is 6.92 Å². The highest BCUT2D eigenvalue weighted by molar-refractivity contribution is 5.69. The van der Waals surface area contributed by atoms with Crippen molar-refractivity contribution >= 4 is 12.1 Å². The third-order valence-corrected chi connectivity index (χ3v) is 1.68. The molecular formula is C7H9N2O4+. The second-order valence-corrected chi connectivity index (χ2v) is 2.56. The Morgan fingerprint density at radius 1 is 1.46 bits per heavy atom. The monoisotopic (exact) mass is 185 g/mol. The lowest BCUT2D eigenvalue weighted by atomic mass is 10.3. The van der Waals surface area contributed by atoms with E-state index < -0.39 is 18.1 Å². The summed E-state index contributed by atoms with van der Waals surface area (Å²) in [5.41, 5.74) is 0. The molecule has 0 amide bonds. The highest BCUT2D eigenvalue weighted by atomic mass is 16.4. The van der Waals surface area contributed by atoms with Gasteiger partial charge in [-0.15, -0.1) is 4.57 Å². The number of rotatable bonds is 2. The van der Waals surface area contributed by atoms with E-state index in [0.29, 0.717) is 0 Å². The minimum Gasteiger partial charge on any atom is -0.478 e. The average molecular weight is 185 g/mol. The Balaban J connectivity index is 2.91. The first-order valence-electron chi connectivity index (χ1n) is 3.57. The molecule has 0 bridgehead atoms. The Morgan fingerprint density at radius 2 is 2.08 bits per heavy atom. The van der Waals surface area contributed by atoms with Gasteiger partial charge in [0.15, 0.2) is 6.04 Å². The van der Waals surface area contributed by atoms with Gasteiger partial charge < -0.3 is 10.2 Å². The van der Waals surface area contributed by atoms with E-state index in [9.17, 15) is 9.59 Å². The minimum atomic E-state index is -1.14. The van der Waals surface area contributed by atoms with Crippen LogP contribution in [-0.4, -0.2) is 26.8 Å². The van der Waals surface area contributed by atoms with Crippen molar-refractivity contribution in [2.75, 3.05) is 0 Å². The van der Waals surface area contributed by atoms with Gasteiger partial charge in [-0.3, -0.25) is 0 Å². The first-order chi connectivity index (χ1) is 6.02. The molecule has 1 heterocycles. The number of carboxylic acids is 1. The summed E-state index contributed by atoms with van der Waals surface area (Å²) in [6.07, 6.45) is 2.74. The van der Waals surface area contributed by atoms with Crippen LogP contribution in [0, 0.1) is 0 Å². The lowest BCUT2D eigenvalue weighted by Gasteiger charge is -1.98. The van der Waals surface area contributed by atoms with Gasteiger partial charge in [-0.2, -0.15) is 4.79 Å². The maximum absolute atomic E-state index is 10.5. The predicted molar refractivity (Wildman–Crippen MR) is 40.4 cm³/mol. The molecule has 1 aromatic heterocycles. The Labute approximate surface area is 73.7 Å². The molecule has 2 N–H and O–H groups in total. The number of aliphatic carboxylic acids is 1. The zero-order valence-corrected chi connectivity index (χ0v) is 6.91. The first-order valence-corrected chi connectivity index (χ1v) is 3.57. The molecule has 0 aromatic carbocycles. The molecule has 0 saturated heterocycles. The van der Waals surface area contributed by atoms with Crippen LogP contribution in [0.2, 0.25) is 0 Å². The van der Waals surface area contributed by atoms with E-state index in [4.69, 9.17) is 10.2 Å². The number of carbonyl (C=O) groups is 2. The molecule has 1 unspecified atom stereocenters. The molecule has 0 fully saturated rings. The standard InChI is InChI=1S/C7H8N2O4/c1-5(6(10)11)8-2-3-9(4-8)7(12)13/h2-5H,1H3,(H-,10,11,12,13)/p+1. The van der Waals surface area contributed by atoms with Crippen molar-refractivity contribution < 1.29 is 24.4 Å². The number of imidazole rings is 1. The number of aromatic nitrogens is 2. The third kappa shape index (κ3) is 1.84. The van der Waals surface area contributed by atoms with E-state index >= 15 is 0 Å². The Hall–Kier alpha value is -1.85. The maximum atomic E-state index is 10.5. The van der Waals surface area contributed by atoms with Crippen molar-refractivity contribution in [2.24, 2.45) is 0 Å². The molecule has 1 rings (SSSR count). The molecule has 0 aliphatic rings. The number of nitrogens with zero attached hydrogens (tertiary/aromatic N) is 2. The van der Waals surface area contributed by atoms with Crippen molar-refractivity contribution in [1.82, 2.24) is 4.57 Å². The van der Waals surface area contributed by atoms with Crippen LogP contribution in [-0.2, 0) is 4.79 Å². The van der Waals surface area contributed by atoms with Gasteiger partial charge in [0.2, 0.25) is 0 Å². The van der Waals surface area contributed by atoms with Crippen LogP contribution in [0.5, 0.6) is 0 Å². The fourth-order valence-electron chi connectivity index (χ4n) is 0.839. The first kappa shape index (κ1) is 9.24. The zero-order valence-electron chi connectivity index (χ0n) is 6.91. The van der Waals surface area contributed by atoms with Crippen molar-refractivity contribution in [3.63, 3.8) is 0 Å². The van der Waals surface area contributed by atoms with E-state index in [1.54, 1.807) is 0 Å². The normalized spacial score (nSPS) is 12.4. The van der Waals surface area contributed by atoms with Gasteiger partial charge in [0.25, 0.3) is 6.33 Å². The van der Waals surface area contributed by atoms with E-state index in [1.165, 1.54) is 30.2 Å². The van der Waals surface area contributed by atoms with E-state index in [-0.39, 0.29) is 0 Å². The smallest absolute Gasteiger partial charge is 0.478 e. The molecule has 1 aromatic rings. The highest BCUT2D eigenvalue weighted by Crippen LogP contribution is 1.94. The number of carboxylic acid groups (broad SMARTS) is 2. The Kier molecular flexibility index (Phi) is 2.32. The molecule has 70 valence electrons. The summed E-state index contributed by atoms with van der Waals surface area (Å²) < 4.78 is 2.19. The summed E-state index contributed by atoms with van der Waals surface area (Å²) >= 11 is 0. The second kappa shape index (κ2) is 3.26. The summed E-state index contributed by atoms with van der Waals surface area (Å²) in [6, 6.07) is -0.763. The van der Waals surface area contributed by atoms with Crippen LogP contribution in [0.4, 0.5) is 4.79 Å². The molecular weight excluding hydrogens is 176 g/mol. The molecule has 0 radical (unpaired) electrons. The molecule has 0 spiro atoms. The fraction of sp³-hybridized carbons (Fsp3) is 0.286. The SMILES string of the molecule is CC(C(=O)O)[n+]1ccn(C(=O)O)c1. The number of hydrogen-bond acceptors (Lipinski definition) is 2. The summed E-state index contributed by atoms with van der Waals surface area (Å²) in [5.74, 6) is -1.01. The van der Waals surface area contributed by atoms with Crippen LogP contribution < -0.4 is 4.57 Å². The van der Waals surface area contributed by atoms with E-state index in [1.807, 2.05) is 0 Å². The van der Waals surface area contributed by atoms with Crippen molar-refractivity contribution in [2.45, 2.75) is 13.0 Å². The number of hydrogen-bond donors (Lipinski definition) is 2. The van der Waals surface area contributed by atoms with Gasteiger partial charge >= 0.3 is 12.1 Å². The average Bonchev–Trinajstić information content (AvgIpc) is 2.50. The largest absolute Gasteiger partial charge is 0.509 e. The maximum Gasteiger partial charge on any atom is 0.509 e. The van der Waals surface area contributed by atoms with Crippen LogP contribution in [0.3, 0.4) is 0 Å². The molecule has 6 nitrogen and oxygen atoms in total. The Bertz CT molecular complexity index is 344. The quantitative estimate of drug-likeness (QED) is 0.632. The zero-order chi connectivity index (χ0) is 10.0. The summed E-state index contributed by atoms with van der Waals surface area (Å²) in [7, 11) is 0. The van der Waals surface area contributed by atoms with Gasteiger partial charge in [0.05, 0.1) is 0 Å². The Morgan fingerprint density at radius 3 is 2.46 bits per heavy atom. The topological polar surface area (TPSA) is 83.4 Å². The van der Waals surface area contributed by atoms with Crippen LogP contribution in [0.1, 0.15) is 13.0 Å². The molecule has 0 aliphatic carbocycles. The molecule has 0 aliphatic heterocycles. The van der Waals surface area contributed by atoms with E-state index in [2.05, 4.69) is 0 Å². The van der Waals surface area contributed by atoms with Gasteiger partial charge in [-0.1, -0.05) is 0 Å². The van der Waals surface area contributed by atoms with Crippen molar-refractivity contribution in [3.05, 3.63) is 18.7 Å². The molecule has 0 saturated carbocycles. The lowest BCUT2D eigenvalue weighted by Crippen LogP contribution is -2.40. The predicted octanol–water partition coefficient (Wildman–Crippen LogP) is -0.0527. The van der Waals surface area contributed by atoms with Crippen molar-refractivity contribution in [1.29, 1.82) is 0 Å². The van der Waals surface area contributed by atoms with Crippen LogP contribution in [0.25, 0.3) is 0 Å².